The third kappa shape index (κ3) is 8.72. The summed E-state index contributed by atoms with van der Waals surface area (Å²) in [4.78, 5) is 16.7. The van der Waals surface area contributed by atoms with Gasteiger partial charge < -0.3 is 0 Å². The van der Waals surface area contributed by atoms with Crippen LogP contribution in [-0.4, -0.2) is 23.0 Å². The van der Waals surface area contributed by atoms with E-state index in [9.17, 15) is 4.79 Å². The molecule has 3 N–H and O–H groups in total. The van der Waals surface area contributed by atoms with E-state index < -0.39 is 11.6 Å². The molecule has 104 valence electrons. The second kappa shape index (κ2) is 8.66. The fourth-order valence-electron chi connectivity index (χ4n) is 1.09. The maximum absolute atomic E-state index is 11.4. The van der Waals surface area contributed by atoms with Crippen LogP contribution in [0.2, 0.25) is 0 Å². The monoisotopic (exact) mass is 256 g/mol. The van der Waals surface area contributed by atoms with E-state index in [1.807, 2.05) is 32.3 Å². The van der Waals surface area contributed by atoms with Crippen molar-refractivity contribution in [2.75, 3.05) is 0 Å². The zero-order chi connectivity index (χ0) is 14.0. The molecule has 0 bridgehead atoms. The molecule has 6 heteroatoms. The first-order valence-electron chi connectivity index (χ1n) is 6.04. The molecule has 0 atom stereocenters. The van der Waals surface area contributed by atoms with Crippen LogP contribution in [0.15, 0.2) is 17.8 Å². The van der Waals surface area contributed by atoms with Gasteiger partial charge in [-0.2, -0.15) is 5.10 Å². The zero-order valence-electron chi connectivity index (χ0n) is 11.5. The normalized spacial score (nSPS) is 11.6. The van der Waals surface area contributed by atoms with Crippen LogP contribution in [0.1, 0.15) is 46.5 Å². The molecule has 0 radical (unpaired) electrons. The first-order valence-corrected chi connectivity index (χ1v) is 6.04. The Balaban J connectivity index is 4.19. The second-order valence-corrected chi connectivity index (χ2v) is 4.80. The van der Waals surface area contributed by atoms with Crippen LogP contribution in [0.5, 0.6) is 0 Å². The van der Waals surface area contributed by atoms with Gasteiger partial charge in [-0.3, -0.25) is 5.43 Å². The van der Waals surface area contributed by atoms with Crippen LogP contribution in [0.25, 0.3) is 0 Å². The minimum Gasteiger partial charge on any atom is -0.272 e. The lowest BCUT2D eigenvalue weighted by Crippen LogP contribution is -2.44. The number of hydroxylamine groups is 1. The Bertz CT molecular complexity index is 284. The van der Waals surface area contributed by atoms with Crippen LogP contribution < -0.4 is 11.3 Å². The number of hydrogen-bond donors (Lipinski definition) is 2. The predicted octanol–water partition coefficient (Wildman–Crippen LogP) is 2.33. The number of nitrogens with zero attached hydrogens (tertiary/aromatic N) is 2. The highest BCUT2D eigenvalue weighted by molar-refractivity contribution is 5.73. The minimum absolute atomic E-state index is 0.521. The molecule has 0 spiro atoms. The van der Waals surface area contributed by atoms with Gasteiger partial charge in [0.1, 0.15) is 0 Å². The number of urea groups is 1. The number of rotatable bonds is 7. The number of carbonyl (C=O) groups excluding carboxylic acids is 1. The van der Waals surface area contributed by atoms with Crippen molar-refractivity contribution in [3.8, 4) is 0 Å². The van der Waals surface area contributed by atoms with Crippen LogP contribution in [-0.2, 0) is 4.84 Å². The predicted molar refractivity (Wildman–Crippen MR) is 72.6 cm³/mol. The molecule has 0 aliphatic carbocycles. The summed E-state index contributed by atoms with van der Waals surface area (Å²) in [7, 11) is 0. The molecule has 0 aliphatic rings. The fraction of sp³-hybridized carbons (Fsp3) is 0.667. The van der Waals surface area contributed by atoms with Gasteiger partial charge in [0.05, 0.1) is 5.60 Å². The molecule has 0 rings (SSSR count). The number of allylic oxidation sites excluding steroid dienone is 1. The maximum Gasteiger partial charge on any atom is 0.377 e. The number of nitrogens with one attached hydrogen (secondary N) is 1. The average molecular weight is 256 g/mol. The Morgan fingerprint density at radius 1 is 1.44 bits per heavy atom. The molecule has 0 aromatic carbocycles. The van der Waals surface area contributed by atoms with Gasteiger partial charge in [0, 0.05) is 6.21 Å². The quantitative estimate of drug-likeness (QED) is 0.183. The molecule has 0 unspecified atom stereocenters. The van der Waals surface area contributed by atoms with E-state index in [2.05, 4.69) is 11.7 Å². The largest absolute Gasteiger partial charge is 0.377 e. The maximum atomic E-state index is 11.4. The number of nitrogens with two attached hydrogens (primary N) is 1. The smallest absolute Gasteiger partial charge is 0.272 e. The summed E-state index contributed by atoms with van der Waals surface area (Å²) in [6.07, 6.45) is 7.33. The molecule has 0 fully saturated rings. The van der Waals surface area contributed by atoms with Crippen molar-refractivity contribution in [1.82, 2.24) is 10.6 Å². The van der Waals surface area contributed by atoms with Crippen molar-refractivity contribution in [3.63, 3.8) is 0 Å². The van der Waals surface area contributed by atoms with Crippen LogP contribution in [0.4, 0.5) is 4.79 Å². The van der Waals surface area contributed by atoms with E-state index in [-0.39, 0.29) is 0 Å². The lowest BCUT2D eigenvalue weighted by Gasteiger charge is -2.24. The Labute approximate surface area is 109 Å². The van der Waals surface area contributed by atoms with Gasteiger partial charge in [-0.25, -0.2) is 15.5 Å². The number of carbonyl (C=O) groups is 1. The van der Waals surface area contributed by atoms with E-state index in [4.69, 9.17) is 10.7 Å². The molecule has 0 saturated carbocycles. The highest BCUT2D eigenvalue weighted by Crippen LogP contribution is 2.10. The molecule has 6 nitrogen and oxygen atoms in total. The van der Waals surface area contributed by atoms with Crippen molar-refractivity contribution >= 4 is 12.2 Å². The number of hydrazone groups is 1. The molecule has 0 heterocycles. The summed E-state index contributed by atoms with van der Waals surface area (Å²) in [5, 5.41) is 4.81. The van der Waals surface area contributed by atoms with Crippen molar-refractivity contribution in [3.05, 3.63) is 12.7 Å². The van der Waals surface area contributed by atoms with E-state index in [0.29, 0.717) is 0 Å². The number of hydrazine groups is 1. The van der Waals surface area contributed by atoms with Gasteiger partial charge in [0.15, 0.2) is 0 Å². The summed E-state index contributed by atoms with van der Waals surface area (Å²) in [5.41, 5.74) is 1.46. The Morgan fingerprint density at radius 2 is 2.06 bits per heavy atom. The molecule has 18 heavy (non-hydrogen) atoms. The van der Waals surface area contributed by atoms with Gasteiger partial charge >= 0.3 is 6.03 Å². The highest BCUT2D eigenvalue weighted by Gasteiger charge is 2.20. The molecule has 0 aromatic heterocycles. The molecule has 2 amide bonds. The summed E-state index contributed by atoms with van der Waals surface area (Å²) in [6.45, 7) is 9.12. The SMILES string of the molecule is C=CCCCC/C=N/N(OC(C)(C)C)C(=O)NN. The number of amides is 2. The standard InChI is InChI=1S/C12H24N4O2/c1-5-6-7-8-9-10-14-16(11(17)15-13)18-12(2,3)4/h5,10H,1,6-9,13H2,2-4H3,(H,15,17)/b14-10+. The van der Waals surface area contributed by atoms with Gasteiger partial charge in [0.25, 0.3) is 0 Å². The summed E-state index contributed by atoms with van der Waals surface area (Å²) in [5.74, 6) is 5.06. The van der Waals surface area contributed by atoms with Crippen LogP contribution in [0.3, 0.4) is 0 Å². The number of unbranched alkanes of at least 4 members (excludes halogenated alkanes) is 3. The topological polar surface area (TPSA) is 80.0 Å². The molecular formula is C12H24N4O2. The zero-order valence-corrected chi connectivity index (χ0v) is 11.5. The van der Waals surface area contributed by atoms with Gasteiger partial charge in [-0.1, -0.05) is 11.2 Å². The van der Waals surface area contributed by atoms with Crippen LogP contribution in [0, 0.1) is 0 Å². The number of hydrogen-bond acceptors (Lipinski definition) is 4. The highest BCUT2D eigenvalue weighted by atomic mass is 16.7. The minimum atomic E-state index is -0.604. The molecule has 0 aliphatic heterocycles. The fourth-order valence-corrected chi connectivity index (χ4v) is 1.09. The van der Waals surface area contributed by atoms with Crippen molar-refractivity contribution in [2.24, 2.45) is 10.9 Å². The third-order valence-corrected chi connectivity index (χ3v) is 1.84. The summed E-state index contributed by atoms with van der Waals surface area (Å²) >= 11 is 0. The lowest BCUT2D eigenvalue weighted by atomic mass is 10.2. The molecule has 0 aromatic rings. The Kier molecular flexibility index (Phi) is 7.98. The lowest BCUT2D eigenvalue weighted by molar-refractivity contribution is -0.193. The second-order valence-electron chi connectivity index (χ2n) is 4.80. The first-order chi connectivity index (χ1) is 8.40. The summed E-state index contributed by atoms with van der Waals surface area (Å²) < 4.78 is 0. The van der Waals surface area contributed by atoms with E-state index in [1.54, 1.807) is 6.21 Å². The van der Waals surface area contributed by atoms with E-state index >= 15 is 0 Å². The Morgan fingerprint density at radius 3 is 2.56 bits per heavy atom. The molecule has 0 saturated heterocycles. The van der Waals surface area contributed by atoms with E-state index in [1.165, 1.54) is 0 Å². The van der Waals surface area contributed by atoms with Crippen LogP contribution >= 0.6 is 0 Å². The van der Waals surface area contributed by atoms with Crippen molar-refractivity contribution in [1.29, 1.82) is 0 Å². The van der Waals surface area contributed by atoms with Crippen molar-refractivity contribution in [2.45, 2.75) is 52.1 Å². The van der Waals surface area contributed by atoms with E-state index in [0.717, 1.165) is 30.9 Å². The third-order valence-electron chi connectivity index (χ3n) is 1.84. The average Bonchev–Trinajstić information content (AvgIpc) is 2.29. The molecular weight excluding hydrogens is 232 g/mol. The summed E-state index contributed by atoms with van der Waals surface area (Å²) in [6, 6.07) is -0.604. The van der Waals surface area contributed by atoms with Gasteiger partial charge in [-0.05, 0) is 46.5 Å². The van der Waals surface area contributed by atoms with Crippen molar-refractivity contribution < 1.29 is 9.63 Å². The van der Waals surface area contributed by atoms with Gasteiger partial charge in [0.2, 0.25) is 0 Å². The Hall–Kier alpha value is -1.40. The first kappa shape index (κ1) is 16.6. The van der Waals surface area contributed by atoms with Gasteiger partial charge in [-0.15, -0.1) is 6.58 Å².